The molecule has 1 N–H and O–H groups in total. The minimum Gasteiger partial charge on any atom is -0.324 e. The Balaban J connectivity index is 2.29. The molecule has 26 heavy (non-hydrogen) atoms. The van der Waals surface area contributed by atoms with E-state index in [1.54, 1.807) is 12.1 Å². The van der Waals surface area contributed by atoms with Gasteiger partial charge in [0.25, 0.3) is 0 Å². The van der Waals surface area contributed by atoms with E-state index in [9.17, 15) is 13.2 Å². The highest BCUT2D eigenvalue weighted by molar-refractivity contribution is 7.92. The summed E-state index contributed by atoms with van der Waals surface area (Å²) in [6.45, 7) is 3.55. The molecule has 0 radical (unpaired) electrons. The molecule has 0 aliphatic heterocycles. The van der Waals surface area contributed by atoms with E-state index in [1.165, 1.54) is 25.1 Å². The van der Waals surface area contributed by atoms with E-state index < -0.39 is 22.0 Å². The van der Waals surface area contributed by atoms with Gasteiger partial charge in [-0.15, -0.1) is 0 Å². The summed E-state index contributed by atoms with van der Waals surface area (Å²) in [6, 6.07) is 10.8. The topological polar surface area (TPSA) is 66.5 Å². The lowest BCUT2D eigenvalue weighted by Gasteiger charge is -2.28. The Kier molecular flexibility index (Phi) is 6.55. The van der Waals surface area contributed by atoms with E-state index in [4.69, 9.17) is 23.2 Å². The van der Waals surface area contributed by atoms with Crippen LogP contribution in [0.25, 0.3) is 0 Å². The summed E-state index contributed by atoms with van der Waals surface area (Å²) in [7, 11) is -3.72. The molecular formula is C18H20Cl2N2O3S. The first-order chi connectivity index (χ1) is 12.1. The lowest BCUT2D eigenvalue weighted by molar-refractivity contribution is -0.116. The zero-order valence-electron chi connectivity index (χ0n) is 14.7. The van der Waals surface area contributed by atoms with Crippen molar-refractivity contribution in [2.24, 2.45) is 0 Å². The lowest BCUT2D eigenvalue weighted by atomic mass is 10.1. The standard InChI is InChI=1S/C18H20Cl2N2O3S/c1-4-13-5-7-14(8-6-13)21-18(23)12(2)22(26(3,24)25)15-9-10-16(19)17(20)11-15/h5-12H,4H2,1-3H3,(H,21,23)/t12-/m1/s1. The average molecular weight is 415 g/mol. The molecule has 0 aliphatic carbocycles. The van der Waals surface area contributed by atoms with Crippen LogP contribution >= 0.6 is 23.2 Å². The number of anilines is 2. The van der Waals surface area contributed by atoms with E-state index in [1.807, 2.05) is 19.1 Å². The van der Waals surface area contributed by atoms with Gasteiger partial charge >= 0.3 is 0 Å². The first kappa shape index (κ1) is 20.6. The molecule has 0 unspecified atom stereocenters. The van der Waals surface area contributed by atoms with Crippen LogP contribution in [0.4, 0.5) is 11.4 Å². The molecule has 0 aliphatic rings. The SMILES string of the molecule is CCc1ccc(NC(=O)[C@@H](C)N(c2ccc(Cl)c(Cl)c2)S(C)(=O)=O)cc1. The molecular weight excluding hydrogens is 395 g/mol. The molecule has 8 heteroatoms. The van der Waals surface area contributed by atoms with Crippen molar-refractivity contribution >= 4 is 50.5 Å². The van der Waals surface area contributed by atoms with Crippen LogP contribution in [0.5, 0.6) is 0 Å². The van der Waals surface area contributed by atoms with Crippen LogP contribution in [0.1, 0.15) is 19.4 Å². The van der Waals surface area contributed by atoms with Gasteiger partial charge in [0.15, 0.2) is 0 Å². The molecule has 0 saturated heterocycles. The van der Waals surface area contributed by atoms with Crippen LogP contribution in [0, 0.1) is 0 Å². The van der Waals surface area contributed by atoms with Crippen LogP contribution < -0.4 is 9.62 Å². The summed E-state index contributed by atoms with van der Waals surface area (Å²) >= 11 is 11.9. The third-order valence-electron chi connectivity index (χ3n) is 3.88. The molecule has 0 saturated carbocycles. The fourth-order valence-corrected chi connectivity index (χ4v) is 3.96. The fourth-order valence-electron chi connectivity index (χ4n) is 2.50. The number of hydrogen-bond acceptors (Lipinski definition) is 3. The molecule has 0 aromatic heterocycles. The van der Waals surface area contributed by atoms with Crippen molar-refractivity contribution in [3.8, 4) is 0 Å². The Bertz CT molecular complexity index is 899. The van der Waals surface area contributed by atoms with Crippen molar-refractivity contribution in [1.82, 2.24) is 0 Å². The van der Waals surface area contributed by atoms with Gasteiger partial charge in [0.1, 0.15) is 6.04 Å². The van der Waals surface area contributed by atoms with Crippen LogP contribution in [-0.2, 0) is 21.2 Å². The summed E-state index contributed by atoms with van der Waals surface area (Å²) in [5.74, 6) is -0.453. The first-order valence-corrected chi connectivity index (χ1v) is 10.6. The lowest BCUT2D eigenvalue weighted by Crippen LogP contribution is -2.45. The second-order valence-electron chi connectivity index (χ2n) is 5.87. The van der Waals surface area contributed by atoms with Crippen molar-refractivity contribution in [1.29, 1.82) is 0 Å². The predicted molar refractivity (Wildman–Crippen MR) is 108 cm³/mol. The van der Waals surface area contributed by atoms with Gasteiger partial charge in [0.2, 0.25) is 15.9 Å². The largest absolute Gasteiger partial charge is 0.324 e. The van der Waals surface area contributed by atoms with E-state index in [0.717, 1.165) is 22.5 Å². The Morgan fingerprint density at radius 3 is 2.23 bits per heavy atom. The molecule has 140 valence electrons. The van der Waals surface area contributed by atoms with E-state index in [0.29, 0.717) is 10.7 Å². The van der Waals surface area contributed by atoms with Gasteiger partial charge in [0, 0.05) is 5.69 Å². The van der Waals surface area contributed by atoms with Crippen LogP contribution in [-0.4, -0.2) is 26.6 Å². The quantitative estimate of drug-likeness (QED) is 0.763. The van der Waals surface area contributed by atoms with Crippen molar-refractivity contribution in [2.75, 3.05) is 15.9 Å². The van der Waals surface area contributed by atoms with Crippen molar-refractivity contribution in [3.63, 3.8) is 0 Å². The second-order valence-corrected chi connectivity index (χ2v) is 8.55. The van der Waals surface area contributed by atoms with E-state index >= 15 is 0 Å². The molecule has 2 aromatic rings. The average Bonchev–Trinajstić information content (AvgIpc) is 2.57. The number of halogens is 2. The smallest absolute Gasteiger partial charge is 0.247 e. The zero-order chi connectivity index (χ0) is 19.5. The maximum absolute atomic E-state index is 12.6. The monoisotopic (exact) mass is 414 g/mol. The Morgan fingerprint density at radius 1 is 1.12 bits per heavy atom. The Labute approximate surface area is 164 Å². The zero-order valence-corrected chi connectivity index (χ0v) is 17.0. The van der Waals surface area contributed by atoms with Gasteiger partial charge in [-0.3, -0.25) is 9.10 Å². The van der Waals surface area contributed by atoms with Crippen molar-refractivity contribution < 1.29 is 13.2 Å². The second kappa shape index (κ2) is 8.29. The normalized spacial score (nSPS) is 12.5. The number of rotatable bonds is 6. The first-order valence-electron chi connectivity index (χ1n) is 7.97. The number of hydrogen-bond donors (Lipinski definition) is 1. The molecule has 0 heterocycles. The number of benzene rings is 2. The molecule has 2 rings (SSSR count). The molecule has 0 fully saturated rings. The number of sulfonamides is 1. The van der Waals surface area contributed by atoms with Gasteiger partial charge in [-0.05, 0) is 49.2 Å². The highest BCUT2D eigenvalue weighted by Gasteiger charge is 2.29. The highest BCUT2D eigenvalue weighted by atomic mass is 35.5. The summed E-state index contributed by atoms with van der Waals surface area (Å²) < 4.78 is 25.6. The fraction of sp³-hybridized carbons (Fsp3) is 0.278. The van der Waals surface area contributed by atoms with Gasteiger partial charge < -0.3 is 5.32 Å². The maximum atomic E-state index is 12.6. The molecule has 1 amide bonds. The maximum Gasteiger partial charge on any atom is 0.247 e. The van der Waals surface area contributed by atoms with Gasteiger partial charge in [-0.2, -0.15) is 0 Å². The minimum absolute atomic E-state index is 0.209. The Morgan fingerprint density at radius 2 is 1.73 bits per heavy atom. The number of nitrogens with one attached hydrogen (secondary N) is 1. The third kappa shape index (κ3) is 4.90. The molecule has 2 aromatic carbocycles. The minimum atomic E-state index is -3.72. The number of amides is 1. The summed E-state index contributed by atoms with van der Waals surface area (Å²) in [4.78, 5) is 12.6. The molecule has 5 nitrogen and oxygen atoms in total. The molecule has 0 bridgehead atoms. The summed E-state index contributed by atoms with van der Waals surface area (Å²) in [6.07, 6.45) is 1.93. The summed E-state index contributed by atoms with van der Waals surface area (Å²) in [5.41, 5.74) is 2.01. The molecule has 1 atom stereocenters. The predicted octanol–water partition coefficient (Wildman–Crippen LogP) is 4.35. The number of carbonyl (C=O) groups excluding carboxylic acids is 1. The van der Waals surface area contributed by atoms with E-state index in [-0.39, 0.29) is 10.7 Å². The number of aryl methyl sites for hydroxylation is 1. The van der Waals surface area contributed by atoms with Crippen molar-refractivity contribution in [2.45, 2.75) is 26.3 Å². The summed E-state index contributed by atoms with van der Waals surface area (Å²) in [5, 5.41) is 3.25. The van der Waals surface area contributed by atoms with Crippen LogP contribution in [0.15, 0.2) is 42.5 Å². The highest BCUT2D eigenvalue weighted by Crippen LogP contribution is 2.29. The van der Waals surface area contributed by atoms with Crippen LogP contribution in [0.3, 0.4) is 0 Å². The van der Waals surface area contributed by atoms with Gasteiger partial charge in [-0.1, -0.05) is 42.3 Å². The van der Waals surface area contributed by atoms with Crippen LogP contribution in [0.2, 0.25) is 10.0 Å². The Hall–Kier alpha value is -1.76. The third-order valence-corrected chi connectivity index (χ3v) is 5.86. The van der Waals surface area contributed by atoms with Gasteiger partial charge in [-0.25, -0.2) is 8.42 Å². The number of carbonyl (C=O) groups is 1. The number of nitrogens with zero attached hydrogens (tertiary/aromatic N) is 1. The van der Waals surface area contributed by atoms with Crippen molar-refractivity contribution in [3.05, 3.63) is 58.1 Å². The van der Waals surface area contributed by atoms with Gasteiger partial charge in [0.05, 0.1) is 22.0 Å². The molecule has 0 spiro atoms. The van der Waals surface area contributed by atoms with E-state index in [2.05, 4.69) is 5.32 Å².